The third-order valence-electron chi connectivity index (χ3n) is 6.47. The number of carbonyl (C=O) groups is 1. The maximum Gasteiger partial charge on any atom is 0.256 e. The predicted molar refractivity (Wildman–Crippen MR) is 138 cm³/mol. The van der Waals surface area contributed by atoms with Gasteiger partial charge in [0.25, 0.3) is 5.91 Å². The van der Waals surface area contributed by atoms with E-state index in [9.17, 15) is 4.79 Å². The van der Waals surface area contributed by atoms with Gasteiger partial charge in [-0.2, -0.15) is 0 Å². The molecule has 3 aromatic rings. The van der Waals surface area contributed by atoms with E-state index in [1.54, 1.807) is 18.0 Å². The zero-order valence-corrected chi connectivity index (χ0v) is 20.8. The average Bonchev–Trinajstić information content (AvgIpc) is 2.83. The second-order valence-electron chi connectivity index (χ2n) is 10.0. The highest BCUT2D eigenvalue weighted by Crippen LogP contribution is 2.29. The van der Waals surface area contributed by atoms with Crippen molar-refractivity contribution in [2.75, 3.05) is 13.1 Å². The van der Waals surface area contributed by atoms with Crippen molar-refractivity contribution in [1.82, 2.24) is 9.88 Å². The van der Waals surface area contributed by atoms with Crippen LogP contribution in [0.1, 0.15) is 60.7 Å². The van der Waals surface area contributed by atoms with Gasteiger partial charge in [-0.15, -0.1) is 11.8 Å². The van der Waals surface area contributed by atoms with Crippen LogP contribution in [0.15, 0.2) is 78.0 Å². The number of likely N-dealkylation sites (tertiary alicyclic amines) is 1. The van der Waals surface area contributed by atoms with Gasteiger partial charge < -0.3 is 4.90 Å². The van der Waals surface area contributed by atoms with Crippen LogP contribution in [-0.4, -0.2) is 28.9 Å². The molecule has 33 heavy (non-hydrogen) atoms. The van der Waals surface area contributed by atoms with E-state index in [0.717, 1.165) is 48.7 Å². The molecule has 2 aromatic carbocycles. The van der Waals surface area contributed by atoms with E-state index in [0.29, 0.717) is 5.92 Å². The Kier molecular flexibility index (Phi) is 7.54. The number of benzene rings is 2. The zero-order chi connectivity index (χ0) is 23.3. The van der Waals surface area contributed by atoms with Crippen molar-refractivity contribution >= 4 is 17.7 Å². The molecule has 0 atom stereocenters. The van der Waals surface area contributed by atoms with Gasteiger partial charge in [-0.05, 0) is 59.4 Å². The Hall–Kier alpha value is -2.59. The summed E-state index contributed by atoms with van der Waals surface area (Å²) in [4.78, 5) is 19.9. The highest BCUT2D eigenvalue weighted by Gasteiger charge is 2.25. The maximum absolute atomic E-state index is 13.3. The van der Waals surface area contributed by atoms with Gasteiger partial charge in [0.1, 0.15) is 5.03 Å². The largest absolute Gasteiger partial charge is 0.339 e. The molecule has 1 aliphatic heterocycles. The Labute approximate surface area is 202 Å². The minimum absolute atomic E-state index is 0.117. The minimum atomic E-state index is 0.117. The molecule has 1 aromatic heterocycles. The number of hydrogen-bond acceptors (Lipinski definition) is 3. The Bertz CT molecular complexity index is 1050. The van der Waals surface area contributed by atoms with Gasteiger partial charge in [0.2, 0.25) is 0 Å². The van der Waals surface area contributed by atoms with Gasteiger partial charge in [0, 0.05) is 25.0 Å². The molecule has 4 rings (SSSR count). The van der Waals surface area contributed by atoms with Crippen molar-refractivity contribution in [3.8, 4) is 0 Å². The van der Waals surface area contributed by atoms with Crippen LogP contribution in [-0.2, 0) is 17.6 Å². The predicted octanol–water partition coefficient (Wildman–Crippen LogP) is 6.77. The first kappa shape index (κ1) is 23.6. The molecule has 0 aliphatic carbocycles. The number of hydrogen-bond donors (Lipinski definition) is 0. The molecule has 0 saturated carbocycles. The van der Waals surface area contributed by atoms with Gasteiger partial charge in [-0.1, -0.05) is 75.4 Å². The van der Waals surface area contributed by atoms with Gasteiger partial charge in [-0.3, -0.25) is 4.79 Å². The molecule has 1 saturated heterocycles. The third kappa shape index (κ3) is 6.26. The average molecular weight is 459 g/mol. The molecule has 1 fully saturated rings. The van der Waals surface area contributed by atoms with Crippen molar-refractivity contribution < 1.29 is 4.79 Å². The number of pyridine rings is 1. The van der Waals surface area contributed by atoms with Crippen LogP contribution in [0.3, 0.4) is 0 Å². The molecule has 4 heteroatoms. The van der Waals surface area contributed by atoms with E-state index in [-0.39, 0.29) is 11.3 Å². The quantitative estimate of drug-likeness (QED) is 0.382. The number of piperidine rings is 1. The van der Waals surface area contributed by atoms with E-state index in [2.05, 4.69) is 80.4 Å². The number of carbonyl (C=O) groups excluding carboxylic acids is 1. The minimum Gasteiger partial charge on any atom is -0.339 e. The standard InChI is InChI=1S/C29H34N2OS/c1-29(2,3)25-13-11-24(12-14-25)21-33-27-26(10-7-17-30-27)28(32)31-18-15-23(16-19-31)20-22-8-5-4-6-9-22/h4-14,17,23H,15-16,18-21H2,1-3H3. The number of amides is 1. The first-order valence-corrected chi connectivity index (χ1v) is 12.9. The lowest BCUT2D eigenvalue weighted by atomic mass is 9.87. The van der Waals surface area contributed by atoms with Crippen molar-refractivity contribution in [3.63, 3.8) is 0 Å². The van der Waals surface area contributed by atoms with Crippen LogP contribution >= 0.6 is 11.8 Å². The van der Waals surface area contributed by atoms with Crippen molar-refractivity contribution in [1.29, 1.82) is 0 Å². The van der Waals surface area contributed by atoms with Crippen LogP contribution in [0.4, 0.5) is 0 Å². The molecule has 1 aliphatic rings. The lowest BCUT2D eigenvalue weighted by Crippen LogP contribution is -2.39. The van der Waals surface area contributed by atoms with Crippen LogP contribution < -0.4 is 0 Å². The monoisotopic (exact) mass is 458 g/mol. The molecule has 0 bridgehead atoms. The molecule has 0 radical (unpaired) electrons. The van der Waals surface area contributed by atoms with Gasteiger partial charge in [-0.25, -0.2) is 4.98 Å². The zero-order valence-electron chi connectivity index (χ0n) is 20.0. The Morgan fingerprint density at radius 3 is 2.30 bits per heavy atom. The number of rotatable bonds is 6. The smallest absolute Gasteiger partial charge is 0.256 e. The van der Waals surface area contributed by atoms with Crippen molar-refractivity contribution in [2.24, 2.45) is 5.92 Å². The van der Waals surface area contributed by atoms with E-state index >= 15 is 0 Å². The summed E-state index contributed by atoms with van der Waals surface area (Å²) >= 11 is 1.65. The summed E-state index contributed by atoms with van der Waals surface area (Å²) in [7, 11) is 0. The molecule has 0 unspecified atom stereocenters. The van der Waals surface area contributed by atoms with Gasteiger partial charge in [0.05, 0.1) is 5.56 Å². The second-order valence-corrected chi connectivity index (χ2v) is 11.0. The Balaban J connectivity index is 1.35. The topological polar surface area (TPSA) is 33.2 Å². The van der Waals surface area contributed by atoms with Crippen LogP contribution in [0.2, 0.25) is 0 Å². The molecule has 0 spiro atoms. The van der Waals surface area contributed by atoms with Crippen molar-refractivity contribution in [3.05, 3.63) is 95.2 Å². The highest BCUT2D eigenvalue weighted by molar-refractivity contribution is 7.98. The van der Waals surface area contributed by atoms with Crippen LogP contribution in [0.25, 0.3) is 0 Å². The fraction of sp³-hybridized carbons (Fsp3) is 0.379. The molecular formula is C29H34N2OS. The normalized spacial score (nSPS) is 14.9. The summed E-state index contributed by atoms with van der Waals surface area (Å²) in [6, 6.07) is 23.3. The molecular weight excluding hydrogens is 424 g/mol. The molecule has 172 valence electrons. The lowest BCUT2D eigenvalue weighted by Gasteiger charge is -2.32. The maximum atomic E-state index is 13.3. The first-order valence-electron chi connectivity index (χ1n) is 11.9. The summed E-state index contributed by atoms with van der Waals surface area (Å²) in [5.74, 6) is 1.57. The second kappa shape index (κ2) is 10.6. The van der Waals surface area contributed by atoms with Gasteiger partial charge >= 0.3 is 0 Å². The van der Waals surface area contributed by atoms with Crippen molar-refractivity contribution in [2.45, 2.75) is 56.2 Å². The molecule has 3 nitrogen and oxygen atoms in total. The Morgan fingerprint density at radius 2 is 1.64 bits per heavy atom. The summed E-state index contributed by atoms with van der Waals surface area (Å²) in [6.07, 6.45) is 5.01. The third-order valence-corrected chi connectivity index (χ3v) is 7.54. The summed E-state index contributed by atoms with van der Waals surface area (Å²) in [6.45, 7) is 8.33. The highest BCUT2D eigenvalue weighted by atomic mass is 32.2. The van der Waals surface area contributed by atoms with Gasteiger partial charge in [0.15, 0.2) is 0 Å². The molecule has 0 N–H and O–H groups in total. The number of thioether (sulfide) groups is 1. The SMILES string of the molecule is CC(C)(C)c1ccc(CSc2ncccc2C(=O)N2CCC(Cc3ccccc3)CC2)cc1. The summed E-state index contributed by atoms with van der Waals surface area (Å²) in [5, 5.41) is 0.828. The fourth-order valence-corrected chi connectivity index (χ4v) is 5.32. The summed E-state index contributed by atoms with van der Waals surface area (Å²) in [5.41, 5.74) is 4.86. The van der Waals surface area contributed by atoms with E-state index < -0.39 is 0 Å². The van der Waals surface area contributed by atoms with Crippen LogP contribution in [0, 0.1) is 5.92 Å². The van der Waals surface area contributed by atoms with E-state index in [4.69, 9.17) is 0 Å². The fourth-order valence-electron chi connectivity index (χ4n) is 4.38. The van der Waals surface area contributed by atoms with Crippen LogP contribution in [0.5, 0.6) is 0 Å². The Morgan fingerprint density at radius 1 is 0.939 bits per heavy atom. The number of nitrogens with zero attached hydrogens (tertiary/aromatic N) is 2. The van der Waals surface area contributed by atoms with E-state index in [1.807, 2.05) is 17.0 Å². The summed E-state index contributed by atoms with van der Waals surface area (Å²) < 4.78 is 0. The molecule has 2 heterocycles. The molecule has 1 amide bonds. The lowest BCUT2D eigenvalue weighted by molar-refractivity contribution is 0.0686. The first-order chi connectivity index (χ1) is 15.9. The number of aromatic nitrogens is 1. The van der Waals surface area contributed by atoms with E-state index in [1.165, 1.54) is 16.7 Å².